The van der Waals surface area contributed by atoms with Gasteiger partial charge < -0.3 is 0 Å². The molecule has 2 aliphatic rings. The van der Waals surface area contributed by atoms with Crippen molar-refractivity contribution in [2.45, 2.75) is 10.0 Å². The number of hydrogen-bond donors (Lipinski definition) is 0. The standard InChI is InChI=1S/C13H9.C13H10.C5H5.2ClH.Zr/c1-3-7-12-10(5-1)9-11-6-2-4-8-13(11)12;1-3-7-12(8-4-1)11-13-9-5-2-6-10-13;1-2-4-5-3-1;;;/h1-9H;1-10H;1-3H,4H2;2*1H;. The molecule has 0 saturated carbocycles. The molecule has 2 aliphatic carbocycles. The molecule has 6 rings (SSSR count). The predicted octanol–water partition coefficient (Wildman–Crippen LogP) is 8.33. The first kappa shape index (κ1) is 24.8. The van der Waals surface area contributed by atoms with E-state index in [4.69, 9.17) is 0 Å². The van der Waals surface area contributed by atoms with Gasteiger partial charge in [0.2, 0.25) is 0 Å². The molecule has 0 spiro atoms. The Labute approximate surface area is 222 Å². The fraction of sp³-hybridized carbons (Fsp3) is 0.0645. The third-order valence-corrected chi connectivity index (χ3v) is 14.9. The number of allylic oxidation sites excluding steroid dienone is 4. The van der Waals surface area contributed by atoms with Crippen molar-refractivity contribution >= 4 is 28.0 Å². The molecule has 0 aromatic heterocycles. The molecule has 0 radical (unpaired) electrons. The van der Waals surface area contributed by atoms with Crippen LogP contribution in [0.15, 0.2) is 131 Å². The van der Waals surface area contributed by atoms with E-state index in [0.29, 0.717) is 3.63 Å². The summed E-state index contributed by atoms with van der Waals surface area (Å²) in [6.45, 7) is 0. The van der Waals surface area contributed by atoms with Gasteiger partial charge in [0.1, 0.15) is 0 Å². The van der Waals surface area contributed by atoms with E-state index in [9.17, 15) is 0 Å². The van der Waals surface area contributed by atoms with Crippen molar-refractivity contribution in [3.63, 3.8) is 0 Å². The summed E-state index contributed by atoms with van der Waals surface area (Å²) in [6, 6.07) is 40.5. The van der Waals surface area contributed by atoms with E-state index in [1.807, 2.05) is 0 Å². The minimum absolute atomic E-state index is 0. The summed E-state index contributed by atoms with van der Waals surface area (Å²) >= 11 is -2.47. The van der Waals surface area contributed by atoms with Gasteiger partial charge >= 0.3 is 199 Å². The first-order valence-electron chi connectivity index (χ1n) is 11.3. The van der Waals surface area contributed by atoms with E-state index in [1.54, 1.807) is 6.49 Å². The number of hydrogen-bond acceptors (Lipinski definition) is 0. The van der Waals surface area contributed by atoms with Crippen molar-refractivity contribution in [3.8, 4) is 11.1 Å². The van der Waals surface area contributed by atoms with Gasteiger partial charge in [-0.1, -0.05) is 0 Å². The normalized spacial score (nSPS) is 13.2. The smallest absolute Gasteiger partial charge is 0.147 e. The van der Waals surface area contributed by atoms with Crippen molar-refractivity contribution in [1.82, 2.24) is 0 Å². The third-order valence-electron chi connectivity index (χ3n) is 6.63. The third kappa shape index (κ3) is 4.38. The van der Waals surface area contributed by atoms with Crippen LogP contribution in [0.2, 0.25) is 0 Å². The second-order valence-electron chi connectivity index (χ2n) is 8.45. The van der Waals surface area contributed by atoms with Crippen molar-refractivity contribution < 1.29 is 21.3 Å². The Morgan fingerprint density at radius 1 is 0.588 bits per heavy atom. The van der Waals surface area contributed by atoms with Crippen molar-refractivity contribution in [1.29, 1.82) is 0 Å². The van der Waals surface area contributed by atoms with Crippen LogP contribution in [0.1, 0.15) is 32.3 Å². The van der Waals surface area contributed by atoms with E-state index in [1.165, 1.54) is 33.4 Å². The summed E-state index contributed by atoms with van der Waals surface area (Å²) in [5, 5.41) is 0. The molecule has 0 fully saturated rings. The molecule has 0 bridgehead atoms. The molecular weight excluding hydrogens is 534 g/mol. The minimum atomic E-state index is -2.47. The molecule has 0 nitrogen and oxygen atoms in total. The van der Waals surface area contributed by atoms with Gasteiger partial charge in [0.25, 0.3) is 0 Å². The van der Waals surface area contributed by atoms with Crippen LogP contribution in [0, 0.1) is 0 Å². The monoisotopic (exact) mass is 558 g/mol. The zero-order valence-electron chi connectivity index (χ0n) is 18.7. The van der Waals surface area contributed by atoms with Crippen LogP contribution in [0.25, 0.3) is 11.1 Å². The van der Waals surface area contributed by atoms with Gasteiger partial charge in [-0.2, -0.15) is 0 Å². The van der Waals surface area contributed by atoms with Crippen molar-refractivity contribution in [2.75, 3.05) is 0 Å². The molecule has 3 heteroatoms. The van der Waals surface area contributed by atoms with Crippen LogP contribution in [0.4, 0.5) is 0 Å². The van der Waals surface area contributed by atoms with E-state index in [0.717, 1.165) is 6.42 Å². The van der Waals surface area contributed by atoms with Crippen LogP contribution in [-0.4, -0.2) is 3.21 Å². The molecule has 0 unspecified atom stereocenters. The van der Waals surface area contributed by atoms with Crippen LogP contribution >= 0.6 is 24.8 Å². The Morgan fingerprint density at radius 2 is 1.06 bits per heavy atom. The molecule has 0 aliphatic heterocycles. The van der Waals surface area contributed by atoms with Gasteiger partial charge in [0.05, 0.1) is 0 Å². The molecule has 34 heavy (non-hydrogen) atoms. The molecule has 168 valence electrons. The molecule has 0 saturated heterocycles. The van der Waals surface area contributed by atoms with Gasteiger partial charge in [-0.25, -0.2) is 0 Å². The second-order valence-corrected chi connectivity index (χ2v) is 14.7. The topological polar surface area (TPSA) is 0 Å². The van der Waals surface area contributed by atoms with E-state index < -0.39 is 21.3 Å². The Kier molecular flexibility index (Phi) is 8.00. The average Bonchev–Trinajstić information content (AvgIpc) is 3.51. The minimum Gasteiger partial charge on any atom is -0.147 e. The van der Waals surface area contributed by atoms with Gasteiger partial charge in [0, 0.05) is 0 Å². The second kappa shape index (κ2) is 11.0. The molecule has 0 heterocycles. The summed E-state index contributed by atoms with van der Waals surface area (Å²) in [5.41, 5.74) is 8.70. The van der Waals surface area contributed by atoms with Crippen LogP contribution in [-0.2, 0) is 21.3 Å². The molecular formula is C31H26Cl2Zr. The number of benzene rings is 4. The maximum absolute atomic E-state index is 2.47. The fourth-order valence-corrected chi connectivity index (χ4v) is 14.3. The summed E-state index contributed by atoms with van der Waals surface area (Å²) in [5.74, 6) is 0. The van der Waals surface area contributed by atoms with E-state index in [2.05, 4.69) is 127 Å². The van der Waals surface area contributed by atoms with Gasteiger partial charge in [0.15, 0.2) is 0 Å². The summed E-state index contributed by atoms with van der Waals surface area (Å²) in [7, 11) is 0. The molecule has 4 aromatic carbocycles. The predicted molar refractivity (Wildman–Crippen MR) is 146 cm³/mol. The quantitative estimate of drug-likeness (QED) is 0.235. The van der Waals surface area contributed by atoms with Crippen molar-refractivity contribution in [3.05, 3.63) is 153 Å². The largest absolute Gasteiger partial charge is 0.147 e. The SMILES string of the molecule is C1=CC[C]([Zr](=[C](c2ccccc2)c2ccccc2)[CH]2c3ccccc3-c3ccccc32)=C1.Cl.Cl. The van der Waals surface area contributed by atoms with Crippen LogP contribution in [0.5, 0.6) is 0 Å². The zero-order chi connectivity index (χ0) is 21.3. The Balaban J connectivity index is 0.00000137. The van der Waals surface area contributed by atoms with Gasteiger partial charge in [-0.3, -0.25) is 0 Å². The molecule has 0 atom stereocenters. The first-order valence-corrected chi connectivity index (χ1v) is 15.2. The number of fused-ring (bicyclic) bond motifs is 3. The van der Waals surface area contributed by atoms with Crippen LogP contribution in [0.3, 0.4) is 0 Å². The van der Waals surface area contributed by atoms with Gasteiger partial charge in [-0.05, 0) is 0 Å². The maximum atomic E-state index is 2.43. The van der Waals surface area contributed by atoms with E-state index in [-0.39, 0.29) is 24.8 Å². The average molecular weight is 561 g/mol. The Morgan fingerprint density at radius 3 is 1.53 bits per heavy atom. The first-order chi connectivity index (χ1) is 15.9. The van der Waals surface area contributed by atoms with E-state index >= 15 is 0 Å². The Hall–Kier alpha value is -2.31. The number of halogens is 2. The summed E-state index contributed by atoms with van der Waals surface area (Å²) in [6.07, 6.45) is 8.15. The molecule has 4 aromatic rings. The van der Waals surface area contributed by atoms with Gasteiger partial charge in [-0.15, -0.1) is 24.8 Å². The fourth-order valence-electron chi connectivity index (χ4n) is 5.29. The summed E-state index contributed by atoms with van der Waals surface area (Å²) < 4.78 is 3.79. The molecule has 0 N–H and O–H groups in total. The number of rotatable bonds is 4. The summed E-state index contributed by atoms with van der Waals surface area (Å²) in [4.78, 5) is 0. The Bertz CT molecular complexity index is 1300. The maximum Gasteiger partial charge on any atom is -0.147 e. The zero-order valence-corrected chi connectivity index (χ0v) is 22.8. The van der Waals surface area contributed by atoms with Crippen molar-refractivity contribution in [2.24, 2.45) is 0 Å². The van der Waals surface area contributed by atoms with Crippen LogP contribution < -0.4 is 0 Å². The molecule has 0 amide bonds.